The van der Waals surface area contributed by atoms with Crippen LogP contribution in [0.25, 0.3) is 56.2 Å². The Morgan fingerprint density at radius 1 is 0.427 bits per heavy atom. The van der Waals surface area contributed by atoms with E-state index in [-0.39, 0.29) is 34.2 Å². The van der Waals surface area contributed by atoms with Crippen LogP contribution in [0.1, 0.15) is 81.1 Å². The van der Waals surface area contributed by atoms with Gasteiger partial charge in [-0.05, 0) is 215 Å². The minimum atomic E-state index is -0.0538. The highest BCUT2D eigenvalue weighted by molar-refractivity contribution is 6.42. The lowest BCUT2D eigenvalue weighted by atomic mass is 9.80. The predicted octanol–water partition coefficient (Wildman–Crippen LogP) is 18.1. The highest BCUT2D eigenvalue weighted by Gasteiger charge is 2.39. The third kappa shape index (κ3) is 13.0. The van der Waals surface area contributed by atoms with Gasteiger partial charge in [0.2, 0.25) is 0 Å². The van der Waals surface area contributed by atoms with E-state index in [9.17, 15) is 0 Å². The van der Waals surface area contributed by atoms with Gasteiger partial charge in [-0.2, -0.15) is 0 Å². The molecule has 0 unspecified atom stereocenters. The Morgan fingerprint density at radius 3 is 1.28 bits per heavy atom. The molecule has 0 atom stereocenters. The normalized spacial score (nSPS) is 17.3. The van der Waals surface area contributed by atoms with Crippen LogP contribution in [0.3, 0.4) is 0 Å². The van der Waals surface area contributed by atoms with Crippen molar-refractivity contribution in [3.05, 3.63) is 199 Å². The minimum Gasteiger partial charge on any atom is -0.354 e. The van der Waals surface area contributed by atoms with Crippen LogP contribution in [0, 0.1) is 0 Å². The Bertz CT molecular complexity index is 4080. The van der Waals surface area contributed by atoms with Crippen LogP contribution in [0.15, 0.2) is 168 Å². The average molecular weight is 1210 g/mol. The number of fused-ring (bicyclic) bond motifs is 4. The third-order valence-corrected chi connectivity index (χ3v) is 16.9. The summed E-state index contributed by atoms with van der Waals surface area (Å²) >= 11 is 37.8. The van der Waals surface area contributed by atoms with Gasteiger partial charge < -0.3 is 30.4 Å². The number of nitrogens with zero attached hydrogens (tertiary/aromatic N) is 6. The molecule has 16 heteroatoms. The molecule has 0 radical (unpaired) electrons. The van der Waals surface area contributed by atoms with Crippen molar-refractivity contribution in [3.63, 3.8) is 0 Å². The number of nitrogens with one attached hydrogen (secondary N) is 4. The summed E-state index contributed by atoms with van der Waals surface area (Å²) in [5.74, 6) is 0. The second-order valence-electron chi connectivity index (χ2n) is 24.2. The van der Waals surface area contributed by atoms with E-state index >= 15 is 0 Å². The summed E-state index contributed by atoms with van der Waals surface area (Å²) in [5.41, 5.74) is 12.5. The molecule has 6 aliphatic rings. The molecule has 6 aromatic rings. The summed E-state index contributed by atoms with van der Waals surface area (Å²) in [6.45, 7) is 18.0. The van der Waals surface area contributed by atoms with Crippen molar-refractivity contribution in [2.75, 3.05) is 10.6 Å². The van der Waals surface area contributed by atoms with Crippen molar-refractivity contribution >= 4 is 114 Å². The minimum absolute atomic E-state index is 0.0164. The number of para-hydroxylation sites is 4. The molecule has 2 fully saturated rings. The molecule has 0 spiro atoms. The quantitative estimate of drug-likeness (QED) is 0.113. The van der Waals surface area contributed by atoms with Crippen molar-refractivity contribution in [1.29, 1.82) is 0 Å². The maximum Gasteiger partial charge on any atom is 0.0900 e. The molecule has 4 N–H and O–H groups in total. The van der Waals surface area contributed by atoms with Crippen LogP contribution >= 0.6 is 69.6 Å². The average Bonchev–Trinajstić information content (AvgIpc) is 1.45. The van der Waals surface area contributed by atoms with Crippen molar-refractivity contribution < 1.29 is 0 Å². The molecule has 4 aliphatic heterocycles. The van der Waals surface area contributed by atoms with Gasteiger partial charge >= 0.3 is 0 Å². The third-order valence-electron chi connectivity index (χ3n) is 14.9. The largest absolute Gasteiger partial charge is 0.354 e. The number of anilines is 4. The van der Waals surface area contributed by atoms with Gasteiger partial charge in [0.05, 0.1) is 99.1 Å². The lowest BCUT2D eigenvalue weighted by molar-refractivity contribution is 0.162. The zero-order valence-corrected chi connectivity index (χ0v) is 51.5. The topological polar surface area (TPSA) is 108 Å². The molecule has 0 aromatic heterocycles. The summed E-state index contributed by atoms with van der Waals surface area (Å²) in [7, 11) is 0. The molecule has 0 saturated carbocycles. The van der Waals surface area contributed by atoms with Gasteiger partial charge in [0, 0.05) is 55.0 Å². The van der Waals surface area contributed by atoms with Gasteiger partial charge in [-0.3, -0.25) is 9.98 Å². The van der Waals surface area contributed by atoms with E-state index in [1.807, 2.05) is 115 Å². The molecular weight excluding hydrogens is 1150 g/mol. The smallest absolute Gasteiger partial charge is 0.0900 e. The zero-order valence-electron chi connectivity index (χ0n) is 46.9. The summed E-state index contributed by atoms with van der Waals surface area (Å²) < 4.78 is 4.41. The lowest BCUT2D eigenvalue weighted by Crippen LogP contribution is -2.59. The highest BCUT2D eigenvalue weighted by Crippen LogP contribution is 2.37. The van der Waals surface area contributed by atoms with Crippen LogP contribution in [-0.4, -0.2) is 53.3 Å². The zero-order chi connectivity index (χ0) is 57.9. The molecule has 12 rings (SSSR count). The summed E-state index contributed by atoms with van der Waals surface area (Å²) in [5, 5.41) is 19.8. The number of aromatic nitrogens is 4. The maximum atomic E-state index is 6.50. The van der Waals surface area contributed by atoms with Gasteiger partial charge in [0.15, 0.2) is 0 Å². The van der Waals surface area contributed by atoms with Crippen molar-refractivity contribution in [1.82, 2.24) is 29.7 Å². The summed E-state index contributed by atoms with van der Waals surface area (Å²) in [4.78, 5) is 20.9. The molecule has 82 heavy (non-hydrogen) atoms. The Labute approximate surface area is 509 Å². The van der Waals surface area contributed by atoms with E-state index in [1.165, 1.54) is 0 Å². The predicted molar refractivity (Wildman–Crippen MR) is 345 cm³/mol. The second kappa shape index (κ2) is 22.8. The number of piperidine rings is 2. The monoisotopic (exact) mass is 1210 g/mol. The van der Waals surface area contributed by atoms with E-state index in [2.05, 4.69) is 122 Å². The Balaban J connectivity index is 0.000000172. The fourth-order valence-electron chi connectivity index (χ4n) is 12.4. The van der Waals surface area contributed by atoms with E-state index in [1.54, 1.807) is 6.07 Å². The summed E-state index contributed by atoms with van der Waals surface area (Å²) in [6.07, 6.45) is 3.71. The Morgan fingerprint density at radius 2 is 0.817 bits per heavy atom. The molecule has 0 amide bonds. The highest BCUT2D eigenvalue weighted by atomic mass is 35.5. The maximum absolute atomic E-state index is 6.50. The number of hydrogen-bond donors (Lipinski definition) is 4. The molecular formula is C66H64Cl6N10. The van der Waals surface area contributed by atoms with Crippen LogP contribution in [0.5, 0.6) is 0 Å². The van der Waals surface area contributed by atoms with Crippen molar-refractivity contribution in [2.24, 2.45) is 9.98 Å². The van der Waals surface area contributed by atoms with Gasteiger partial charge in [-0.1, -0.05) is 93.9 Å². The van der Waals surface area contributed by atoms with E-state index in [4.69, 9.17) is 89.6 Å². The molecule has 420 valence electrons. The van der Waals surface area contributed by atoms with Crippen molar-refractivity contribution in [2.45, 2.75) is 115 Å². The number of rotatable bonds is 8. The first-order chi connectivity index (χ1) is 38.9. The van der Waals surface area contributed by atoms with Crippen LogP contribution < -0.4 is 32.0 Å². The first kappa shape index (κ1) is 57.6. The molecule has 10 nitrogen and oxygen atoms in total. The van der Waals surface area contributed by atoms with E-state index in [0.717, 1.165) is 115 Å². The number of hydrogen-bond acceptors (Lipinski definition) is 8. The van der Waals surface area contributed by atoms with Crippen LogP contribution in [-0.2, 0) is 0 Å². The first-order valence-electron chi connectivity index (χ1n) is 27.5. The Kier molecular flexibility index (Phi) is 16.0. The number of benzene rings is 8. The molecule has 2 saturated heterocycles. The summed E-state index contributed by atoms with van der Waals surface area (Å²) in [6, 6.07) is 51.8. The van der Waals surface area contributed by atoms with Gasteiger partial charge in [0.25, 0.3) is 0 Å². The standard InChI is InChI=1S/C33H31Cl4N5.C33H33Cl2N5/c1-32(2)17-20(18-33(3,4)41-32)39-28-16-31-29(15-27(28)38-19-9-11-22(34)24(36)13-19)40-26-7-5-6-8-30(26)42(31)21-10-12-23(35)25(37)14-21;1-32(2)19-24(20-33(3,4)39-32)37-28-18-31-29(17-27(28)36-23-13-9-21(34)10-14-23)38-26-7-5-6-8-30(26)40(31)25-15-11-22(35)12-16-25/h5-16,20,38,41H,17-18H2,1-4H3;5-18,24,36,39H,19-20H2,1-4H3. The van der Waals surface area contributed by atoms with Gasteiger partial charge in [0.1, 0.15) is 0 Å². The second-order valence-corrected chi connectivity index (χ2v) is 26.7. The van der Waals surface area contributed by atoms with Gasteiger partial charge in [-0.25, -0.2) is 9.97 Å². The number of halogens is 6. The first-order valence-corrected chi connectivity index (χ1v) is 29.7. The molecule has 0 bridgehead atoms. The van der Waals surface area contributed by atoms with E-state index in [0.29, 0.717) is 30.1 Å². The van der Waals surface area contributed by atoms with E-state index < -0.39 is 0 Å². The SMILES string of the molecule is CC1(C)CC(N=c2cc3n(-c4ccc(Cl)c(Cl)c4)c4ccccc4nc-3cc2Nc2ccc(Cl)c(Cl)c2)CC(C)(C)N1.CC1(C)CC(N=c2cc3n(-c4ccc(Cl)cc4)c4ccccc4nc-3cc2Nc2ccc(Cl)cc2)CC(C)(C)N1. The molecule has 4 heterocycles. The molecule has 6 aromatic carbocycles. The van der Waals surface area contributed by atoms with Crippen molar-refractivity contribution in [3.8, 4) is 34.2 Å². The fourth-order valence-corrected chi connectivity index (χ4v) is 13.2. The van der Waals surface area contributed by atoms with Gasteiger partial charge in [-0.15, -0.1) is 0 Å². The Hall–Kier alpha value is -6.18. The molecule has 2 aliphatic carbocycles. The van der Waals surface area contributed by atoms with Crippen LogP contribution in [0.4, 0.5) is 22.7 Å². The fraction of sp³-hybridized carbons (Fsp3) is 0.273. The lowest BCUT2D eigenvalue weighted by Gasteiger charge is -2.45. The van der Waals surface area contributed by atoms with Crippen LogP contribution in [0.2, 0.25) is 30.1 Å².